The molecule has 1 saturated heterocycles. The van der Waals surface area contributed by atoms with Gasteiger partial charge in [0.2, 0.25) is 0 Å². The first-order chi connectivity index (χ1) is 8.89. The molecule has 1 N–H and O–H groups in total. The van der Waals surface area contributed by atoms with Crippen molar-refractivity contribution in [3.8, 4) is 0 Å². The summed E-state index contributed by atoms with van der Waals surface area (Å²) in [5.41, 5.74) is 0.894. The van der Waals surface area contributed by atoms with Gasteiger partial charge in [-0.15, -0.1) is 0 Å². The van der Waals surface area contributed by atoms with Gasteiger partial charge in [-0.05, 0) is 43.6 Å². The molecule has 0 aromatic heterocycles. The molecule has 0 aromatic carbocycles. The zero-order valence-electron chi connectivity index (χ0n) is 11.4. The van der Waals surface area contributed by atoms with Gasteiger partial charge in [-0.1, -0.05) is 19.6 Å². The van der Waals surface area contributed by atoms with Gasteiger partial charge >= 0.3 is 5.97 Å². The lowest BCUT2D eigenvalue weighted by Crippen LogP contribution is -2.47. The molecular formula is C15H20O4. The highest BCUT2D eigenvalue weighted by atomic mass is 17.1. The molecule has 104 valence electrons. The van der Waals surface area contributed by atoms with Crippen LogP contribution in [0.4, 0.5) is 0 Å². The standard InChI is InChI=1S/C15H20O4/c1-9-10-7-12-14(2,8-11(10)18-13(9)16)5-4-6-15(12,3)19-17/h7,10-11,17H,1,4-6,8H2,2-3H3/t10-,11-,14-,15-/m1/s1. The third kappa shape index (κ3) is 1.70. The Labute approximate surface area is 113 Å². The summed E-state index contributed by atoms with van der Waals surface area (Å²) in [4.78, 5) is 16.4. The molecular weight excluding hydrogens is 244 g/mol. The maximum atomic E-state index is 11.6. The number of hydrogen-bond acceptors (Lipinski definition) is 4. The highest BCUT2D eigenvalue weighted by Crippen LogP contribution is 2.55. The van der Waals surface area contributed by atoms with E-state index in [1.54, 1.807) is 0 Å². The Morgan fingerprint density at radius 1 is 1.47 bits per heavy atom. The van der Waals surface area contributed by atoms with Gasteiger partial charge in [0.05, 0.1) is 0 Å². The van der Waals surface area contributed by atoms with Gasteiger partial charge in [-0.25, -0.2) is 9.68 Å². The van der Waals surface area contributed by atoms with Crippen molar-refractivity contribution in [1.29, 1.82) is 0 Å². The fourth-order valence-corrected chi connectivity index (χ4v) is 4.05. The number of carbonyl (C=O) groups excluding carboxylic acids is 1. The van der Waals surface area contributed by atoms with Gasteiger partial charge in [0.25, 0.3) is 0 Å². The highest BCUT2D eigenvalue weighted by molar-refractivity contribution is 5.91. The number of esters is 1. The quantitative estimate of drug-likeness (QED) is 0.260. The molecule has 4 nitrogen and oxygen atoms in total. The Hall–Kier alpha value is -1.13. The summed E-state index contributed by atoms with van der Waals surface area (Å²) < 4.78 is 5.41. The van der Waals surface area contributed by atoms with Gasteiger partial charge < -0.3 is 4.74 Å². The normalized spacial score (nSPS) is 45.3. The molecule has 0 spiro atoms. The zero-order valence-corrected chi connectivity index (χ0v) is 11.4. The van der Waals surface area contributed by atoms with Crippen molar-refractivity contribution in [2.75, 3.05) is 0 Å². The average molecular weight is 264 g/mol. The van der Waals surface area contributed by atoms with Gasteiger partial charge in [0.1, 0.15) is 11.7 Å². The third-order valence-corrected chi connectivity index (χ3v) is 5.13. The smallest absolute Gasteiger partial charge is 0.334 e. The molecule has 0 bridgehead atoms. The van der Waals surface area contributed by atoms with Crippen molar-refractivity contribution in [2.24, 2.45) is 11.3 Å². The van der Waals surface area contributed by atoms with E-state index in [9.17, 15) is 10.1 Å². The minimum Gasteiger partial charge on any atom is -0.458 e. The van der Waals surface area contributed by atoms with Crippen LogP contribution >= 0.6 is 0 Å². The molecule has 1 saturated carbocycles. The monoisotopic (exact) mass is 264 g/mol. The van der Waals surface area contributed by atoms with E-state index in [4.69, 9.17) is 9.62 Å². The van der Waals surface area contributed by atoms with Crippen molar-refractivity contribution in [3.05, 3.63) is 23.8 Å². The fourth-order valence-electron chi connectivity index (χ4n) is 4.05. The molecule has 1 heterocycles. The second-order valence-corrected chi connectivity index (χ2v) is 6.52. The summed E-state index contributed by atoms with van der Waals surface area (Å²) in [5.74, 6) is -0.358. The van der Waals surface area contributed by atoms with Gasteiger partial charge in [0.15, 0.2) is 0 Å². The summed E-state index contributed by atoms with van der Waals surface area (Å²) in [6.07, 6.45) is 5.56. The Bertz CT molecular complexity index is 481. The minimum atomic E-state index is -0.649. The van der Waals surface area contributed by atoms with Crippen molar-refractivity contribution in [1.82, 2.24) is 0 Å². The highest BCUT2D eigenvalue weighted by Gasteiger charge is 2.53. The number of fused-ring (bicyclic) bond motifs is 2. The van der Waals surface area contributed by atoms with E-state index in [-0.39, 0.29) is 23.4 Å². The first-order valence-electron chi connectivity index (χ1n) is 6.85. The van der Waals surface area contributed by atoms with Crippen molar-refractivity contribution >= 4 is 5.97 Å². The van der Waals surface area contributed by atoms with Crippen LogP contribution < -0.4 is 0 Å². The predicted octanol–water partition coefficient (Wildman–Crippen LogP) is 2.85. The molecule has 3 rings (SSSR count). The first-order valence-corrected chi connectivity index (χ1v) is 6.85. The van der Waals surface area contributed by atoms with Gasteiger partial charge in [-0.3, -0.25) is 5.26 Å². The lowest BCUT2D eigenvalue weighted by atomic mass is 9.58. The van der Waals surface area contributed by atoms with Gasteiger partial charge in [-0.2, -0.15) is 0 Å². The van der Waals surface area contributed by atoms with Crippen LogP contribution in [0.2, 0.25) is 0 Å². The van der Waals surface area contributed by atoms with Crippen LogP contribution in [0.3, 0.4) is 0 Å². The third-order valence-electron chi connectivity index (χ3n) is 5.13. The maximum absolute atomic E-state index is 11.6. The zero-order chi connectivity index (χ0) is 13.8. The molecule has 4 atom stereocenters. The van der Waals surface area contributed by atoms with Crippen LogP contribution in [-0.2, 0) is 14.4 Å². The van der Waals surface area contributed by atoms with Crippen LogP contribution in [0.5, 0.6) is 0 Å². The summed E-state index contributed by atoms with van der Waals surface area (Å²) >= 11 is 0. The Balaban J connectivity index is 2.06. The van der Waals surface area contributed by atoms with E-state index in [1.807, 2.05) is 6.92 Å². The Kier molecular flexibility index (Phi) is 2.67. The topological polar surface area (TPSA) is 55.8 Å². The molecule has 4 heteroatoms. The second-order valence-electron chi connectivity index (χ2n) is 6.52. The fraction of sp³-hybridized carbons (Fsp3) is 0.667. The van der Waals surface area contributed by atoms with Gasteiger partial charge in [0, 0.05) is 11.5 Å². The van der Waals surface area contributed by atoms with E-state index in [2.05, 4.69) is 19.6 Å². The SMILES string of the molecule is C=C1C(=O)O[C@@H]2C[C@@]3(C)CCC[C@@](C)(OO)C3=C[C@H]12. The summed E-state index contributed by atoms with van der Waals surface area (Å²) in [5, 5.41) is 9.30. The second kappa shape index (κ2) is 3.93. The molecule has 0 unspecified atom stereocenters. The maximum Gasteiger partial charge on any atom is 0.334 e. The summed E-state index contributed by atoms with van der Waals surface area (Å²) in [7, 11) is 0. The molecule has 0 amide bonds. The molecule has 2 aliphatic carbocycles. The Morgan fingerprint density at radius 3 is 2.89 bits per heavy atom. The van der Waals surface area contributed by atoms with Crippen LogP contribution in [0.25, 0.3) is 0 Å². The predicted molar refractivity (Wildman–Crippen MR) is 69.3 cm³/mol. The first kappa shape index (κ1) is 12.9. The number of carbonyl (C=O) groups is 1. The van der Waals surface area contributed by atoms with E-state index >= 15 is 0 Å². The Morgan fingerprint density at radius 2 is 2.21 bits per heavy atom. The van der Waals surface area contributed by atoms with Crippen LogP contribution in [-0.4, -0.2) is 22.9 Å². The van der Waals surface area contributed by atoms with Crippen molar-refractivity contribution in [3.63, 3.8) is 0 Å². The molecule has 2 fully saturated rings. The van der Waals surface area contributed by atoms with E-state index in [0.29, 0.717) is 5.57 Å². The van der Waals surface area contributed by atoms with Crippen LogP contribution in [0, 0.1) is 11.3 Å². The van der Waals surface area contributed by atoms with Crippen molar-refractivity contribution in [2.45, 2.75) is 51.2 Å². The average Bonchev–Trinajstić information content (AvgIpc) is 2.62. The lowest BCUT2D eigenvalue weighted by Gasteiger charge is -2.49. The molecule has 0 aromatic rings. The van der Waals surface area contributed by atoms with Crippen molar-refractivity contribution < 1.29 is 19.7 Å². The largest absolute Gasteiger partial charge is 0.458 e. The minimum absolute atomic E-state index is 0.0665. The van der Waals surface area contributed by atoms with E-state index < -0.39 is 5.60 Å². The summed E-state index contributed by atoms with van der Waals surface area (Å²) in [6.45, 7) is 7.91. The summed E-state index contributed by atoms with van der Waals surface area (Å²) in [6, 6.07) is 0. The number of rotatable bonds is 1. The van der Waals surface area contributed by atoms with Crippen LogP contribution in [0.1, 0.15) is 39.5 Å². The molecule has 3 aliphatic rings. The number of hydrogen-bond donors (Lipinski definition) is 1. The lowest BCUT2D eigenvalue weighted by molar-refractivity contribution is -0.315. The molecule has 0 radical (unpaired) electrons. The molecule has 1 aliphatic heterocycles. The van der Waals surface area contributed by atoms with E-state index in [1.165, 1.54) is 0 Å². The van der Waals surface area contributed by atoms with Crippen LogP contribution in [0.15, 0.2) is 23.8 Å². The number of ether oxygens (including phenoxy) is 1. The van der Waals surface area contributed by atoms with E-state index in [0.717, 1.165) is 31.3 Å². The molecule has 19 heavy (non-hydrogen) atoms.